The molecule has 4 atom stereocenters. The minimum absolute atomic E-state index is 0.0698. The molecule has 0 saturated heterocycles. The van der Waals surface area contributed by atoms with Crippen molar-refractivity contribution in [1.29, 1.82) is 0 Å². The molecule has 2 rings (SSSR count). The van der Waals surface area contributed by atoms with E-state index in [2.05, 4.69) is 0 Å². The first-order valence-corrected chi connectivity index (χ1v) is 10.9. The zero-order valence-electron chi connectivity index (χ0n) is 18.6. The molecule has 1 aliphatic heterocycles. The average Bonchev–Trinajstić information content (AvgIpc) is 2.93. The summed E-state index contributed by atoms with van der Waals surface area (Å²) in [6.45, 7) is 8.66. The number of aliphatic hydroxyl groups is 1. The zero-order chi connectivity index (χ0) is 23.3. The number of rotatable bonds is 9. The predicted octanol–water partition coefficient (Wildman–Crippen LogP) is 2.86. The topological polar surface area (TPSA) is 108 Å². The highest BCUT2D eigenvalue weighted by atomic mass is 35.5. The van der Waals surface area contributed by atoms with Crippen LogP contribution in [0.5, 0.6) is 0 Å². The maximum Gasteiger partial charge on any atom is 0.309 e. The maximum absolute atomic E-state index is 12.3. The van der Waals surface area contributed by atoms with Crippen LogP contribution in [0.2, 0.25) is 0 Å². The molecule has 0 spiro atoms. The Bertz CT molecular complexity index is 757. The van der Waals surface area contributed by atoms with Crippen LogP contribution in [0, 0.1) is 17.8 Å². The number of hydrogen-bond donors (Lipinski definition) is 1. The van der Waals surface area contributed by atoms with Gasteiger partial charge in [0.15, 0.2) is 6.10 Å². The van der Waals surface area contributed by atoms with Crippen molar-refractivity contribution in [3.05, 3.63) is 23.5 Å². The van der Waals surface area contributed by atoms with Gasteiger partial charge in [-0.3, -0.25) is 14.4 Å². The number of hydrogen-bond acceptors (Lipinski definition) is 8. The molecule has 0 aromatic carbocycles. The van der Waals surface area contributed by atoms with Crippen LogP contribution in [0.25, 0.3) is 0 Å². The molecule has 2 aliphatic rings. The van der Waals surface area contributed by atoms with Gasteiger partial charge in [0.1, 0.15) is 12.2 Å². The smallest absolute Gasteiger partial charge is 0.309 e. The Kier molecular flexibility index (Phi) is 8.54. The minimum atomic E-state index is -1.78. The summed E-state index contributed by atoms with van der Waals surface area (Å²) < 4.78 is 21.7. The Labute approximate surface area is 187 Å². The highest BCUT2D eigenvalue weighted by Gasteiger charge is 2.58. The first-order valence-electron chi connectivity index (χ1n) is 10.3. The molecule has 31 heavy (non-hydrogen) atoms. The van der Waals surface area contributed by atoms with E-state index in [1.165, 1.54) is 13.2 Å². The Morgan fingerprint density at radius 2 is 1.71 bits per heavy atom. The Morgan fingerprint density at radius 3 is 2.23 bits per heavy atom. The molecular weight excluding hydrogens is 428 g/mol. The van der Waals surface area contributed by atoms with Crippen molar-refractivity contribution in [3.8, 4) is 0 Å². The molecule has 174 valence electrons. The van der Waals surface area contributed by atoms with Crippen LogP contribution >= 0.6 is 11.6 Å². The first-order chi connectivity index (χ1) is 14.5. The number of alkyl halides is 1. The van der Waals surface area contributed by atoms with Crippen LogP contribution in [0.3, 0.4) is 0 Å². The number of carbonyl (C=O) groups is 3. The molecule has 0 amide bonds. The fraction of sp³-hybridized carbons (Fsp3) is 0.682. The largest absolute Gasteiger partial charge is 0.461 e. The first kappa shape index (κ1) is 25.2. The van der Waals surface area contributed by atoms with E-state index in [0.717, 1.165) is 0 Å². The van der Waals surface area contributed by atoms with E-state index < -0.39 is 41.8 Å². The lowest BCUT2D eigenvalue weighted by molar-refractivity contribution is -0.203. The molecule has 0 saturated carbocycles. The summed E-state index contributed by atoms with van der Waals surface area (Å²) in [7, 11) is 0. The SMILES string of the molecule is CC(=O)OCC1=COC(OC(=O)CC(C)C)C2C1=CC(OC(=O)CC(C)C)C2(O)CCl. The van der Waals surface area contributed by atoms with E-state index in [9.17, 15) is 19.5 Å². The second-order valence-electron chi connectivity index (χ2n) is 8.75. The lowest BCUT2D eigenvalue weighted by Crippen LogP contribution is -2.54. The molecule has 1 N–H and O–H groups in total. The van der Waals surface area contributed by atoms with Crippen molar-refractivity contribution in [1.82, 2.24) is 0 Å². The van der Waals surface area contributed by atoms with Gasteiger partial charge in [0.05, 0.1) is 18.1 Å². The molecular formula is C22H31ClO8. The van der Waals surface area contributed by atoms with Gasteiger partial charge in [0.25, 0.3) is 6.29 Å². The monoisotopic (exact) mass is 458 g/mol. The Hall–Kier alpha value is -2.06. The van der Waals surface area contributed by atoms with Crippen molar-refractivity contribution in [2.45, 2.75) is 65.5 Å². The lowest BCUT2D eigenvalue weighted by atomic mass is 9.82. The number of carbonyl (C=O) groups excluding carboxylic acids is 3. The normalized spacial score (nSPS) is 27.2. The zero-order valence-corrected chi connectivity index (χ0v) is 19.3. The quantitative estimate of drug-likeness (QED) is 0.319. The fourth-order valence-electron chi connectivity index (χ4n) is 3.56. The van der Waals surface area contributed by atoms with E-state index in [4.69, 9.17) is 30.5 Å². The highest BCUT2D eigenvalue weighted by molar-refractivity contribution is 6.18. The van der Waals surface area contributed by atoms with Gasteiger partial charge in [-0.25, -0.2) is 0 Å². The van der Waals surface area contributed by atoms with Crippen molar-refractivity contribution in [3.63, 3.8) is 0 Å². The third-order valence-electron chi connectivity index (χ3n) is 4.99. The number of esters is 3. The van der Waals surface area contributed by atoms with Crippen LogP contribution in [0.1, 0.15) is 47.5 Å². The third kappa shape index (κ3) is 6.23. The Balaban J connectivity index is 2.35. The second-order valence-corrected chi connectivity index (χ2v) is 9.02. The summed E-state index contributed by atoms with van der Waals surface area (Å²) in [5, 5.41) is 11.4. The minimum Gasteiger partial charge on any atom is -0.461 e. The van der Waals surface area contributed by atoms with Crippen molar-refractivity contribution in [2.24, 2.45) is 17.8 Å². The lowest BCUT2D eigenvalue weighted by Gasteiger charge is -2.39. The van der Waals surface area contributed by atoms with E-state index in [-0.39, 0.29) is 37.2 Å². The molecule has 8 nitrogen and oxygen atoms in total. The van der Waals surface area contributed by atoms with Crippen molar-refractivity contribution >= 4 is 29.5 Å². The number of halogens is 1. The Morgan fingerprint density at radius 1 is 1.13 bits per heavy atom. The molecule has 0 fully saturated rings. The van der Waals surface area contributed by atoms with E-state index in [1.54, 1.807) is 6.08 Å². The van der Waals surface area contributed by atoms with Crippen LogP contribution in [-0.2, 0) is 33.3 Å². The third-order valence-corrected chi connectivity index (χ3v) is 5.41. The average molecular weight is 459 g/mol. The number of ether oxygens (including phenoxy) is 4. The van der Waals surface area contributed by atoms with Gasteiger partial charge >= 0.3 is 17.9 Å². The maximum atomic E-state index is 12.3. The van der Waals surface area contributed by atoms with Crippen molar-refractivity contribution in [2.75, 3.05) is 12.5 Å². The summed E-state index contributed by atoms with van der Waals surface area (Å²) in [4.78, 5) is 35.8. The van der Waals surface area contributed by atoms with Crippen LogP contribution in [-0.4, -0.2) is 53.5 Å². The van der Waals surface area contributed by atoms with Gasteiger partial charge in [-0.1, -0.05) is 27.7 Å². The van der Waals surface area contributed by atoms with Gasteiger partial charge in [0.2, 0.25) is 0 Å². The van der Waals surface area contributed by atoms with E-state index in [1.807, 2.05) is 27.7 Å². The standard InChI is InChI=1S/C22H31ClO8/c1-12(2)6-18(25)30-17-8-16-15(9-28-14(5)24)10-29-21(20(16)22(17,27)11-23)31-19(26)7-13(3)4/h8,10,12-13,17,20-21,27H,6-7,9,11H2,1-5H3. The van der Waals surface area contributed by atoms with Crippen LogP contribution in [0.15, 0.2) is 23.5 Å². The van der Waals surface area contributed by atoms with Crippen LogP contribution in [0.4, 0.5) is 0 Å². The molecule has 0 aromatic rings. The van der Waals surface area contributed by atoms with Gasteiger partial charge in [-0.2, -0.15) is 0 Å². The van der Waals surface area contributed by atoms with Gasteiger partial charge in [0, 0.05) is 25.3 Å². The molecule has 4 unspecified atom stereocenters. The molecule has 0 aromatic heterocycles. The van der Waals surface area contributed by atoms with Crippen molar-refractivity contribution < 1.29 is 38.4 Å². The molecule has 1 aliphatic carbocycles. The summed E-state index contributed by atoms with van der Waals surface area (Å²) in [5.41, 5.74) is -0.815. The summed E-state index contributed by atoms with van der Waals surface area (Å²) in [6.07, 6.45) is 0.975. The summed E-state index contributed by atoms with van der Waals surface area (Å²) in [6, 6.07) is 0. The van der Waals surface area contributed by atoms with E-state index >= 15 is 0 Å². The fourth-order valence-corrected chi connectivity index (χ4v) is 3.88. The van der Waals surface area contributed by atoms with Gasteiger partial charge in [-0.05, 0) is 23.5 Å². The number of fused-ring (bicyclic) bond motifs is 1. The van der Waals surface area contributed by atoms with Gasteiger partial charge < -0.3 is 24.1 Å². The van der Waals surface area contributed by atoms with Crippen LogP contribution < -0.4 is 0 Å². The van der Waals surface area contributed by atoms with E-state index in [0.29, 0.717) is 11.1 Å². The molecule has 0 bridgehead atoms. The highest BCUT2D eigenvalue weighted by Crippen LogP contribution is 2.47. The molecule has 9 heteroatoms. The second kappa shape index (κ2) is 10.5. The summed E-state index contributed by atoms with van der Waals surface area (Å²) >= 11 is 6.14. The molecule has 0 radical (unpaired) electrons. The van der Waals surface area contributed by atoms with Gasteiger partial charge in [-0.15, -0.1) is 11.6 Å². The summed E-state index contributed by atoms with van der Waals surface area (Å²) in [5.74, 6) is -2.56. The molecule has 1 heterocycles. The predicted molar refractivity (Wildman–Crippen MR) is 112 cm³/mol.